The minimum absolute atomic E-state index is 0.0136. The molecule has 0 aliphatic carbocycles. The Morgan fingerprint density at radius 3 is 2.56 bits per heavy atom. The molecule has 0 fully saturated rings. The minimum Gasteiger partial charge on any atom is -0.450 e. The maximum atomic E-state index is 14.9. The van der Waals surface area contributed by atoms with Gasteiger partial charge in [0, 0.05) is 17.1 Å². The van der Waals surface area contributed by atoms with Crippen molar-refractivity contribution in [2.75, 3.05) is 26.2 Å². The number of benzene rings is 2. The third-order valence-electron chi connectivity index (χ3n) is 6.21. The van der Waals surface area contributed by atoms with Gasteiger partial charge in [-0.2, -0.15) is 0 Å². The van der Waals surface area contributed by atoms with Crippen molar-refractivity contribution in [3.63, 3.8) is 0 Å². The van der Waals surface area contributed by atoms with Gasteiger partial charge in [-0.1, -0.05) is 43.6 Å². The average molecular weight is 457 g/mol. The number of carbonyl (C=O) groups is 1. The van der Waals surface area contributed by atoms with Gasteiger partial charge in [-0.3, -0.25) is 9.59 Å². The molecule has 0 N–H and O–H groups in total. The molecule has 7 heteroatoms. The average Bonchev–Trinajstić information content (AvgIpc) is 3.05. The van der Waals surface area contributed by atoms with Crippen LogP contribution in [0.4, 0.5) is 4.39 Å². The number of carbonyl (C=O) groups excluding carboxylic acids is 1. The third-order valence-corrected chi connectivity index (χ3v) is 6.62. The molecule has 1 atom stereocenters. The molecule has 1 amide bonds. The molecular weight excluding hydrogens is 431 g/mol. The zero-order chi connectivity index (χ0) is 23.0. The lowest BCUT2D eigenvalue weighted by Crippen LogP contribution is -2.33. The molecule has 32 heavy (non-hydrogen) atoms. The monoisotopic (exact) mass is 456 g/mol. The van der Waals surface area contributed by atoms with E-state index in [1.165, 1.54) is 6.07 Å². The standard InChI is InChI=1S/C25H26ClFN2O3/c1-4-28(5-2)11-8-12-29-22(16-9-6-7-10-19(16)27)21-23(30)17-14-18(26)15(3)13-20(17)32-24(21)25(29)31/h6-7,9-10,13-14,22H,4-5,8,11-12H2,1-3H3. The SMILES string of the molecule is CCN(CC)CCCN1C(=O)c2oc3cc(C)c(Cl)cc3c(=O)c2C1c1ccccc1F. The van der Waals surface area contributed by atoms with Crippen molar-refractivity contribution in [3.05, 3.63) is 79.9 Å². The van der Waals surface area contributed by atoms with Crippen LogP contribution in [-0.2, 0) is 0 Å². The summed E-state index contributed by atoms with van der Waals surface area (Å²) in [5.41, 5.74) is 1.16. The second kappa shape index (κ2) is 9.04. The summed E-state index contributed by atoms with van der Waals surface area (Å²) in [7, 11) is 0. The normalized spacial score (nSPS) is 15.8. The van der Waals surface area contributed by atoms with E-state index in [-0.39, 0.29) is 28.2 Å². The van der Waals surface area contributed by atoms with Crippen molar-refractivity contribution in [2.45, 2.75) is 33.2 Å². The number of amides is 1. The van der Waals surface area contributed by atoms with Gasteiger partial charge in [0.2, 0.25) is 5.76 Å². The smallest absolute Gasteiger partial charge is 0.290 e. The van der Waals surface area contributed by atoms with Gasteiger partial charge in [-0.15, -0.1) is 0 Å². The molecule has 2 aromatic carbocycles. The molecule has 3 aromatic rings. The van der Waals surface area contributed by atoms with Crippen molar-refractivity contribution < 1.29 is 13.6 Å². The Morgan fingerprint density at radius 2 is 1.88 bits per heavy atom. The molecule has 2 heterocycles. The molecule has 1 aliphatic rings. The molecule has 168 valence electrons. The Morgan fingerprint density at radius 1 is 1.16 bits per heavy atom. The summed E-state index contributed by atoms with van der Waals surface area (Å²) in [6.07, 6.45) is 0.699. The largest absolute Gasteiger partial charge is 0.450 e. The van der Waals surface area contributed by atoms with Crippen LogP contribution in [0.3, 0.4) is 0 Å². The molecule has 4 rings (SSSR count). The van der Waals surface area contributed by atoms with E-state index < -0.39 is 11.9 Å². The summed E-state index contributed by atoms with van der Waals surface area (Å²) in [4.78, 5) is 30.7. The lowest BCUT2D eigenvalue weighted by molar-refractivity contribution is 0.0718. The Hall–Kier alpha value is -2.70. The van der Waals surface area contributed by atoms with Gasteiger partial charge in [-0.05, 0) is 56.7 Å². The molecule has 0 bridgehead atoms. The van der Waals surface area contributed by atoms with Gasteiger partial charge in [0.05, 0.1) is 17.0 Å². The van der Waals surface area contributed by atoms with Crippen LogP contribution < -0.4 is 5.43 Å². The highest BCUT2D eigenvalue weighted by atomic mass is 35.5. The summed E-state index contributed by atoms with van der Waals surface area (Å²) >= 11 is 6.25. The number of fused-ring (bicyclic) bond motifs is 2. The fourth-order valence-corrected chi connectivity index (χ4v) is 4.56. The number of halogens is 2. The molecule has 5 nitrogen and oxygen atoms in total. The van der Waals surface area contributed by atoms with Crippen molar-refractivity contribution in [1.29, 1.82) is 0 Å². The van der Waals surface area contributed by atoms with Crippen LogP contribution in [0.15, 0.2) is 45.6 Å². The van der Waals surface area contributed by atoms with Crippen LogP contribution in [0, 0.1) is 12.7 Å². The van der Waals surface area contributed by atoms with Crippen LogP contribution in [0.1, 0.15) is 53.6 Å². The lowest BCUT2D eigenvalue weighted by Gasteiger charge is -2.26. The van der Waals surface area contributed by atoms with E-state index >= 15 is 0 Å². The number of rotatable bonds is 7. The lowest BCUT2D eigenvalue weighted by atomic mass is 9.97. The van der Waals surface area contributed by atoms with E-state index in [4.69, 9.17) is 16.0 Å². The van der Waals surface area contributed by atoms with Crippen LogP contribution in [0.2, 0.25) is 5.02 Å². The van der Waals surface area contributed by atoms with Crippen molar-refractivity contribution >= 4 is 28.5 Å². The third kappa shape index (κ3) is 3.82. The zero-order valence-corrected chi connectivity index (χ0v) is 19.2. The fraction of sp³-hybridized carbons (Fsp3) is 0.360. The summed E-state index contributed by atoms with van der Waals surface area (Å²) in [5, 5.41) is 0.728. The van der Waals surface area contributed by atoms with E-state index in [2.05, 4.69) is 18.7 Å². The molecule has 1 aliphatic heterocycles. The molecule has 1 unspecified atom stereocenters. The molecule has 1 aromatic heterocycles. The van der Waals surface area contributed by atoms with E-state index in [0.29, 0.717) is 29.0 Å². The first-order valence-electron chi connectivity index (χ1n) is 10.9. The highest BCUT2D eigenvalue weighted by Gasteiger charge is 2.43. The molecule has 0 spiro atoms. The molecule has 0 radical (unpaired) electrons. The number of hydrogen-bond acceptors (Lipinski definition) is 4. The van der Waals surface area contributed by atoms with Gasteiger partial charge in [0.1, 0.15) is 11.4 Å². The predicted octanol–water partition coefficient (Wildman–Crippen LogP) is 5.17. The summed E-state index contributed by atoms with van der Waals surface area (Å²) in [6.45, 7) is 8.98. The Kier molecular flexibility index (Phi) is 6.35. The van der Waals surface area contributed by atoms with Crippen molar-refractivity contribution in [3.8, 4) is 0 Å². The Bertz CT molecular complexity index is 1240. The summed E-state index contributed by atoms with van der Waals surface area (Å²) in [5.74, 6) is -0.868. The van der Waals surface area contributed by atoms with Gasteiger partial charge < -0.3 is 14.2 Å². The van der Waals surface area contributed by atoms with Gasteiger partial charge in [0.25, 0.3) is 5.91 Å². The summed E-state index contributed by atoms with van der Waals surface area (Å²) in [6, 6.07) is 8.64. The fourth-order valence-electron chi connectivity index (χ4n) is 4.40. The maximum absolute atomic E-state index is 14.9. The van der Waals surface area contributed by atoms with Crippen LogP contribution in [0.25, 0.3) is 11.0 Å². The maximum Gasteiger partial charge on any atom is 0.290 e. The first-order chi connectivity index (χ1) is 15.4. The quantitative estimate of drug-likeness (QED) is 0.492. The van der Waals surface area contributed by atoms with E-state index in [1.807, 2.05) is 0 Å². The minimum atomic E-state index is -0.837. The predicted molar refractivity (Wildman–Crippen MR) is 124 cm³/mol. The highest BCUT2D eigenvalue weighted by Crippen LogP contribution is 2.39. The van der Waals surface area contributed by atoms with Crippen molar-refractivity contribution in [1.82, 2.24) is 9.80 Å². The van der Waals surface area contributed by atoms with Crippen molar-refractivity contribution in [2.24, 2.45) is 0 Å². The topological polar surface area (TPSA) is 53.8 Å². The second-order valence-electron chi connectivity index (χ2n) is 8.07. The highest BCUT2D eigenvalue weighted by molar-refractivity contribution is 6.32. The van der Waals surface area contributed by atoms with E-state index in [9.17, 15) is 14.0 Å². The van der Waals surface area contributed by atoms with E-state index in [0.717, 1.165) is 25.2 Å². The first-order valence-corrected chi connectivity index (χ1v) is 11.3. The zero-order valence-electron chi connectivity index (χ0n) is 18.5. The molecule has 0 saturated heterocycles. The van der Waals surface area contributed by atoms with Gasteiger partial charge in [-0.25, -0.2) is 4.39 Å². The molecular formula is C25H26ClFN2O3. The number of hydrogen-bond donors (Lipinski definition) is 0. The first kappa shape index (κ1) is 22.5. The number of nitrogens with zero attached hydrogens (tertiary/aromatic N) is 2. The van der Waals surface area contributed by atoms with Crippen LogP contribution in [-0.4, -0.2) is 41.9 Å². The van der Waals surface area contributed by atoms with Crippen LogP contribution in [0.5, 0.6) is 0 Å². The molecule has 0 saturated carbocycles. The van der Waals surface area contributed by atoms with Crippen LogP contribution >= 0.6 is 11.6 Å². The van der Waals surface area contributed by atoms with Gasteiger partial charge in [0.15, 0.2) is 5.43 Å². The second-order valence-corrected chi connectivity index (χ2v) is 8.48. The Balaban J connectivity index is 1.84. The Labute approximate surface area is 191 Å². The van der Waals surface area contributed by atoms with E-state index in [1.54, 1.807) is 42.2 Å². The van der Waals surface area contributed by atoms with Gasteiger partial charge >= 0.3 is 0 Å². The summed E-state index contributed by atoms with van der Waals surface area (Å²) < 4.78 is 20.8. The number of aryl methyl sites for hydroxylation is 1.